The van der Waals surface area contributed by atoms with Gasteiger partial charge in [0, 0.05) is 5.54 Å². The molecular formula is C15H31NO3. The maximum Gasteiger partial charge on any atom is 0.408 e. The second-order valence-electron chi connectivity index (χ2n) is 6.73. The molecule has 0 saturated heterocycles. The van der Waals surface area contributed by atoms with Gasteiger partial charge >= 0.3 is 6.09 Å². The van der Waals surface area contributed by atoms with Crippen LogP contribution in [0.2, 0.25) is 0 Å². The largest absolute Gasteiger partial charge is 0.465 e. The van der Waals surface area contributed by atoms with E-state index in [9.17, 15) is 15.0 Å². The van der Waals surface area contributed by atoms with E-state index in [1.165, 1.54) is 4.90 Å². The fourth-order valence-corrected chi connectivity index (χ4v) is 2.45. The summed E-state index contributed by atoms with van der Waals surface area (Å²) in [6.45, 7) is 11.8. The smallest absolute Gasteiger partial charge is 0.408 e. The average Bonchev–Trinajstić information content (AvgIpc) is 2.21. The Morgan fingerprint density at radius 1 is 1.26 bits per heavy atom. The number of hydrogen-bond acceptors (Lipinski definition) is 2. The van der Waals surface area contributed by atoms with Crippen LogP contribution in [0.3, 0.4) is 0 Å². The lowest BCUT2D eigenvalue weighted by atomic mass is 9.91. The van der Waals surface area contributed by atoms with Crippen LogP contribution in [-0.2, 0) is 0 Å². The summed E-state index contributed by atoms with van der Waals surface area (Å²) in [5, 5.41) is 19.8. The summed E-state index contributed by atoms with van der Waals surface area (Å²) in [6, 6.07) is -0.330. The number of aliphatic hydroxyl groups is 1. The Bertz CT molecular complexity index is 271. The molecule has 1 amide bonds. The summed E-state index contributed by atoms with van der Waals surface area (Å²) in [7, 11) is 0. The molecule has 4 heteroatoms. The van der Waals surface area contributed by atoms with Crippen molar-refractivity contribution in [3.63, 3.8) is 0 Å². The molecule has 0 aliphatic heterocycles. The average molecular weight is 273 g/mol. The summed E-state index contributed by atoms with van der Waals surface area (Å²) in [4.78, 5) is 13.0. The number of carboxylic acid groups (broad SMARTS) is 1. The minimum atomic E-state index is -0.950. The number of rotatable bonds is 7. The van der Waals surface area contributed by atoms with Gasteiger partial charge in [0.15, 0.2) is 0 Å². The molecule has 2 unspecified atom stereocenters. The Morgan fingerprint density at radius 3 is 2.11 bits per heavy atom. The van der Waals surface area contributed by atoms with E-state index in [0.717, 1.165) is 12.8 Å². The van der Waals surface area contributed by atoms with Gasteiger partial charge in [-0.15, -0.1) is 0 Å². The zero-order valence-electron chi connectivity index (χ0n) is 13.3. The highest BCUT2D eigenvalue weighted by Gasteiger charge is 2.37. The SMILES string of the molecule is CCCCC(O)C(CC(C)C)N(C(=O)O)C(C)(C)C. The number of unbranched alkanes of at least 4 members (excludes halogenated alkanes) is 1. The van der Waals surface area contributed by atoms with Crippen molar-refractivity contribution in [1.29, 1.82) is 0 Å². The lowest BCUT2D eigenvalue weighted by Crippen LogP contribution is -2.55. The van der Waals surface area contributed by atoms with Crippen molar-refractivity contribution in [1.82, 2.24) is 4.90 Å². The molecule has 0 aromatic carbocycles. The van der Waals surface area contributed by atoms with Crippen LogP contribution in [0.15, 0.2) is 0 Å². The van der Waals surface area contributed by atoms with Gasteiger partial charge in [0.05, 0.1) is 12.1 Å². The first-order valence-corrected chi connectivity index (χ1v) is 7.31. The van der Waals surface area contributed by atoms with Crippen LogP contribution in [-0.4, -0.2) is 38.9 Å². The van der Waals surface area contributed by atoms with Crippen LogP contribution in [0, 0.1) is 5.92 Å². The van der Waals surface area contributed by atoms with Crippen LogP contribution >= 0.6 is 0 Å². The summed E-state index contributed by atoms with van der Waals surface area (Å²) < 4.78 is 0. The summed E-state index contributed by atoms with van der Waals surface area (Å²) in [6.07, 6.45) is 1.75. The molecule has 0 radical (unpaired) electrons. The van der Waals surface area contributed by atoms with E-state index >= 15 is 0 Å². The van der Waals surface area contributed by atoms with Gasteiger partial charge in [-0.25, -0.2) is 4.79 Å². The number of aliphatic hydroxyl groups excluding tert-OH is 1. The van der Waals surface area contributed by atoms with E-state index in [1.54, 1.807) is 0 Å². The number of hydrogen-bond donors (Lipinski definition) is 2. The minimum absolute atomic E-state index is 0.330. The fraction of sp³-hybridized carbons (Fsp3) is 0.933. The van der Waals surface area contributed by atoms with Crippen LogP contribution in [0.5, 0.6) is 0 Å². The van der Waals surface area contributed by atoms with Crippen molar-refractivity contribution in [3.05, 3.63) is 0 Å². The first-order valence-electron chi connectivity index (χ1n) is 7.31. The normalized spacial score (nSPS) is 15.4. The Kier molecular flexibility index (Phi) is 7.42. The summed E-state index contributed by atoms with van der Waals surface area (Å²) in [5.41, 5.74) is -0.501. The quantitative estimate of drug-likeness (QED) is 0.743. The number of carbonyl (C=O) groups is 1. The molecule has 0 rings (SSSR count). The van der Waals surface area contributed by atoms with Gasteiger partial charge in [-0.1, -0.05) is 33.6 Å². The van der Waals surface area contributed by atoms with Crippen molar-refractivity contribution in [2.75, 3.05) is 0 Å². The van der Waals surface area contributed by atoms with Crippen molar-refractivity contribution in [2.24, 2.45) is 5.92 Å². The van der Waals surface area contributed by atoms with E-state index < -0.39 is 17.7 Å². The Balaban J connectivity index is 5.12. The topological polar surface area (TPSA) is 60.8 Å². The van der Waals surface area contributed by atoms with Crippen molar-refractivity contribution in [2.45, 2.75) is 84.9 Å². The second-order valence-corrected chi connectivity index (χ2v) is 6.73. The van der Waals surface area contributed by atoms with Gasteiger partial charge in [0.25, 0.3) is 0 Å². The third-order valence-electron chi connectivity index (χ3n) is 3.27. The highest BCUT2D eigenvalue weighted by atomic mass is 16.4. The van der Waals surface area contributed by atoms with E-state index in [-0.39, 0.29) is 6.04 Å². The van der Waals surface area contributed by atoms with Gasteiger partial charge < -0.3 is 10.2 Å². The van der Waals surface area contributed by atoms with E-state index in [2.05, 4.69) is 20.8 Å². The molecule has 114 valence electrons. The maximum atomic E-state index is 11.6. The third-order valence-corrected chi connectivity index (χ3v) is 3.27. The number of amides is 1. The van der Waals surface area contributed by atoms with Gasteiger partial charge in [0.2, 0.25) is 0 Å². The van der Waals surface area contributed by atoms with Gasteiger partial charge in [-0.2, -0.15) is 0 Å². The Labute approximate surface area is 117 Å². The van der Waals surface area contributed by atoms with E-state index in [4.69, 9.17) is 0 Å². The first-order chi connectivity index (χ1) is 8.61. The maximum absolute atomic E-state index is 11.6. The van der Waals surface area contributed by atoms with E-state index in [0.29, 0.717) is 18.8 Å². The van der Waals surface area contributed by atoms with Gasteiger partial charge in [0.1, 0.15) is 0 Å². The third kappa shape index (κ3) is 6.28. The molecule has 4 nitrogen and oxygen atoms in total. The second kappa shape index (κ2) is 7.73. The zero-order chi connectivity index (χ0) is 15.2. The standard InChI is InChI=1S/C15H31NO3/c1-7-8-9-13(17)12(10-11(2)3)16(14(18)19)15(4,5)6/h11-13,17H,7-10H2,1-6H3,(H,18,19). The van der Waals surface area contributed by atoms with Crippen LogP contribution < -0.4 is 0 Å². The van der Waals surface area contributed by atoms with Crippen LogP contribution in [0.1, 0.15) is 67.2 Å². The van der Waals surface area contributed by atoms with E-state index in [1.807, 2.05) is 20.8 Å². The molecule has 19 heavy (non-hydrogen) atoms. The van der Waals surface area contributed by atoms with Crippen molar-refractivity contribution in [3.8, 4) is 0 Å². The summed E-state index contributed by atoms with van der Waals surface area (Å²) in [5.74, 6) is 0.352. The molecule has 0 aliphatic rings. The molecule has 0 bridgehead atoms. The first kappa shape index (κ1) is 18.2. The predicted octanol–water partition coefficient (Wildman–Crippen LogP) is 3.73. The zero-order valence-corrected chi connectivity index (χ0v) is 13.3. The lowest BCUT2D eigenvalue weighted by Gasteiger charge is -2.42. The minimum Gasteiger partial charge on any atom is -0.465 e. The Morgan fingerprint density at radius 2 is 1.79 bits per heavy atom. The molecule has 0 spiro atoms. The highest BCUT2D eigenvalue weighted by molar-refractivity contribution is 5.66. The molecule has 0 aliphatic carbocycles. The van der Waals surface area contributed by atoms with Crippen molar-refractivity contribution >= 4 is 6.09 Å². The van der Waals surface area contributed by atoms with Gasteiger partial charge in [-0.05, 0) is 39.5 Å². The molecule has 2 N–H and O–H groups in total. The molecule has 0 aromatic heterocycles. The molecular weight excluding hydrogens is 242 g/mol. The molecule has 0 heterocycles. The van der Waals surface area contributed by atoms with Crippen LogP contribution in [0.25, 0.3) is 0 Å². The predicted molar refractivity (Wildman–Crippen MR) is 78.4 cm³/mol. The molecule has 0 saturated carbocycles. The molecule has 0 aromatic rings. The monoisotopic (exact) mass is 273 g/mol. The van der Waals surface area contributed by atoms with Crippen molar-refractivity contribution < 1.29 is 15.0 Å². The number of nitrogens with zero attached hydrogens (tertiary/aromatic N) is 1. The molecule has 0 fully saturated rings. The lowest BCUT2D eigenvalue weighted by molar-refractivity contribution is -0.00478. The Hall–Kier alpha value is -0.770. The van der Waals surface area contributed by atoms with Gasteiger partial charge in [-0.3, -0.25) is 4.90 Å². The highest BCUT2D eigenvalue weighted by Crippen LogP contribution is 2.26. The fourth-order valence-electron chi connectivity index (χ4n) is 2.45. The van der Waals surface area contributed by atoms with Crippen LogP contribution in [0.4, 0.5) is 4.79 Å². The summed E-state index contributed by atoms with van der Waals surface area (Å²) >= 11 is 0. The molecule has 2 atom stereocenters.